The summed E-state index contributed by atoms with van der Waals surface area (Å²) in [6, 6.07) is 3.77. The summed E-state index contributed by atoms with van der Waals surface area (Å²) in [7, 11) is 0. The van der Waals surface area contributed by atoms with Gasteiger partial charge in [-0.05, 0) is 24.3 Å². The Hall–Kier alpha value is -2.91. The van der Waals surface area contributed by atoms with E-state index in [-0.39, 0.29) is 62.2 Å². The molecule has 27 heavy (non-hydrogen) atoms. The van der Waals surface area contributed by atoms with Crippen molar-refractivity contribution in [3.63, 3.8) is 0 Å². The summed E-state index contributed by atoms with van der Waals surface area (Å²) in [5.41, 5.74) is -0.776. The molecule has 1 fully saturated rings. The minimum Gasteiger partial charge on any atom is -0.354 e. The number of halogens is 3. The van der Waals surface area contributed by atoms with Crippen LogP contribution >= 0.6 is 0 Å². The van der Waals surface area contributed by atoms with E-state index in [0.29, 0.717) is 0 Å². The van der Waals surface area contributed by atoms with Gasteiger partial charge in [-0.1, -0.05) is 0 Å². The van der Waals surface area contributed by atoms with Crippen LogP contribution < -0.4 is 10.6 Å². The Morgan fingerprint density at radius 3 is 2.07 bits per heavy atom. The molecule has 1 saturated heterocycles. The van der Waals surface area contributed by atoms with Crippen molar-refractivity contribution in [2.75, 3.05) is 19.6 Å². The van der Waals surface area contributed by atoms with E-state index in [1.165, 1.54) is 0 Å². The molecular weight excluding hydrogens is 367 g/mol. The molecule has 2 N–H and O–H groups in total. The summed E-state index contributed by atoms with van der Waals surface area (Å²) in [6.07, 6.45) is -4.18. The zero-order chi connectivity index (χ0) is 20.0. The van der Waals surface area contributed by atoms with Crippen LogP contribution in [0.25, 0.3) is 0 Å². The molecule has 0 unspecified atom stereocenters. The first-order valence-corrected chi connectivity index (χ1v) is 8.24. The van der Waals surface area contributed by atoms with E-state index in [1.807, 2.05) is 0 Å². The standard InChI is InChI=1S/C17H18F3N3O4/c18-17(19,20)12-3-1-11(2-4-12)16(27)22-9-8-21-13(24)7-10-23-14(25)5-6-15(23)26/h1-4H,5-10H2,(H,21,24)(H,22,27). The van der Waals surface area contributed by atoms with Crippen molar-refractivity contribution in [1.82, 2.24) is 15.5 Å². The van der Waals surface area contributed by atoms with Gasteiger partial charge in [0.25, 0.3) is 5.91 Å². The van der Waals surface area contributed by atoms with Crippen molar-refractivity contribution in [1.29, 1.82) is 0 Å². The fourth-order valence-electron chi connectivity index (χ4n) is 2.46. The van der Waals surface area contributed by atoms with E-state index in [2.05, 4.69) is 10.6 Å². The first kappa shape index (κ1) is 20.4. The van der Waals surface area contributed by atoms with Crippen LogP contribution in [0, 0.1) is 0 Å². The average Bonchev–Trinajstić information content (AvgIpc) is 2.94. The lowest BCUT2D eigenvalue weighted by Crippen LogP contribution is -2.37. The van der Waals surface area contributed by atoms with Crippen molar-refractivity contribution < 1.29 is 32.3 Å². The Morgan fingerprint density at radius 1 is 0.963 bits per heavy atom. The molecule has 4 amide bonds. The van der Waals surface area contributed by atoms with Gasteiger partial charge in [-0.25, -0.2) is 0 Å². The van der Waals surface area contributed by atoms with E-state index in [1.54, 1.807) is 0 Å². The highest BCUT2D eigenvalue weighted by atomic mass is 19.4. The van der Waals surface area contributed by atoms with E-state index < -0.39 is 17.6 Å². The minimum atomic E-state index is -4.47. The number of carbonyl (C=O) groups excluding carboxylic acids is 4. The second kappa shape index (κ2) is 8.65. The van der Waals surface area contributed by atoms with Gasteiger partial charge in [0.2, 0.25) is 17.7 Å². The van der Waals surface area contributed by atoms with E-state index in [0.717, 1.165) is 29.2 Å². The largest absolute Gasteiger partial charge is 0.416 e. The Kier molecular flexibility index (Phi) is 6.54. The van der Waals surface area contributed by atoms with Crippen LogP contribution in [-0.4, -0.2) is 48.2 Å². The first-order chi connectivity index (χ1) is 12.7. The van der Waals surface area contributed by atoms with E-state index in [9.17, 15) is 32.3 Å². The highest BCUT2D eigenvalue weighted by Crippen LogP contribution is 2.29. The molecular formula is C17H18F3N3O4. The monoisotopic (exact) mass is 385 g/mol. The zero-order valence-corrected chi connectivity index (χ0v) is 14.3. The lowest BCUT2D eigenvalue weighted by Gasteiger charge is -2.13. The second-order valence-corrected chi connectivity index (χ2v) is 5.87. The summed E-state index contributed by atoms with van der Waals surface area (Å²) in [4.78, 5) is 47.4. The second-order valence-electron chi connectivity index (χ2n) is 5.87. The predicted molar refractivity (Wildman–Crippen MR) is 87.4 cm³/mol. The molecule has 7 nitrogen and oxygen atoms in total. The van der Waals surface area contributed by atoms with Crippen LogP contribution in [-0.2, 0) is 20.6 Å². The highest BCUT2D eigenvalue weighted by Gasteiger charge is 2.30. The van der Waals surface area contributed by atoms with Crippen LogP contribution in [0.2, 0.25) is 0 Å². The lowest BCUT2D eigenvalue weighted by atomic mass is 10.1. The van der Waals surface area contributed by atoms with Crippen LogP contribution in [0.5, 0.6) is 0 Å². The number of carbonyl (C=O) groups is 4. The Bertz CT molecular complexity index is 716. The lowest BCUT2D eigenvalue weighted by molar-refractivity contribution is -0.139. The van der Waals surface area contributed by atoms with Gasteiger partial charge < -0.3 is 10.6 Å². The van der Waals surface area contributed by atoms with Crippen molar-refractivity contribution in [2.24, 2.45) is 0 Å². The van der Waals surface area contributed by atoms with Gasteiger partial charge >= 0.3 is 6.18 Å². The molecule has 0 bridgehead atoms. The molecule has 1 aromatic carbocycles. The molecule has 0 radical (unpaired) electrons. The van der Waals surface area contributed by atoms with Gasteiger partial charge in [-0.15, -0.1) is 0 Å². The topological polar surface area (TPSA) is 95.6 Å². The molecule has 146 valence electrons. The van der Waals surface area contributed by atoms with Crippen LogP contribution in [0.3, 0.4) is 0 Å². The molecule has 0 saturated carbocycles. The number of hydrogen-bond donors (Lipinski definition) is 2. The predicted octanol–water partition coefficient (Wildman–Crippen LogP) is 1.09. The Balaban J connectivity index is 1.67. The maximum atomic E-state index is 12.5. The van der Waals surface area contributed by atoms with E-state index in [4.69, 9.17) is 0 Å². The van der Waals surface area contributed by atoms with Gasteiger partial charge in [-0.3, -0.25) is 24.1 Å². The number of imide groups is 1. The molecule has 1 aromatic rings. The number of amides is 4. The molecule has 1 heterocycles. The smallest absolute Gasteiger partial charge is 0.354 e. The van der Waals surface area contributed by atoms with Crippen molar-refractivity contribution >= 4 is 23.6 Å². The number of hydrogen-bond acceptors (Lipinski definition) is 4. The Morgan fingerprint density at radius 2 is 1.52 bits per heavy atom. The quantitative estimate of drug-likeness (QED) is 0.543. The number of benzene rings is 1. The molecule has 0 aromatic heterocycles. The van der Waals surface area contributed by atoms with Gasteiger partial charge in [0.1, 0.15) is 0 Å². The first-order valence-electron chi connectivity index (χ1n) is 8.24. The molecule has 0 spiro atoms. The third kappa shape index (κ3) is 5.80. The summed E-state index contributed by atoms with van der Waals surface area (Å²) >= 11 is 0. The molecule has 10 heteroatoms. The van der Waals surface area contributed by atoms with E-state index >= 15 is 0 Å². The number of nitrogens with zero attached hydrogens (tertiary/aromatic N) is 1. The summed E-state index contributed by atoms with van der Waals surface area (Å²) in [5.74, 6) is -1.54. The molecule has 0 atom stereocenters. The van der Waals surface area contributed by atoms with Crippen molar-refractivity contribution in [3.05, 3.63) is 35.4 Å². The summed E-state index contributed by atoms with van der Waals surface area (Å²) < 4.78 is 37.4. The van der Waals surface area contributed by atoms with Crippen LogP contribution in [0.1, 0.15) is 35.2 Å². The molecule has 1 aliphatic heterocycles. The normalized spacial score (nSPS) is 14.4. The number of likely N-dealkylation sites (tertiary alicyclic amines) is 1. The highest BCUT2D eigenvalue weighted by molar-refractivity contribution is 6.02. The zero-order valence-electron chi connectivity index (χ0n) is 14.3. The summed E-state index contributed by atoms with van der Waals surface area (Å²) in [6.45, 7) is 0.196. The molecule has 0 aliphatic carbocycles. The number of nitrogens with one attached hydrogen (secondary N) is 2. The number of rotatable bonds is 7. The summed E-state index contributed by atoms with van der Waals surface area (Å²) in [5, 5.41) is 4.99. The molecule has 2 rings (SSSR count). The SMILES string of the molecule is O=C(CCN1C(=O)CCC1=O)NCCNC(=O)c1ccc(C(F)(F)F)cc1. The third-order valence-electron chi connectivity index (χ3n) is 3.92. The van der Waals surface area contributed by atoms with Gasteiger partial charge in [0.05, 0.1) is 5.56 Å². The maximum Gasteiger partial charge on any atom is 0.416 e. The maximum absolute atomic E-state index is 12.5. The molecule has 1 aliphatic rings. The van der Waals surface area contributed by atoms with Crippen LogP contribution in [0.4, 0.5) is 13.2 Å². The fraction of sp³-hybridized carbons (Fsp3) is 0.412. The van der Waals surface area contributed by atoms with Crippen LogP contribution in [0.15, 0.2) is 24.3 Å². The van der Waals surface area contributed by atoms with Crippen molar-refractivity contribution in [3.8, 4) is 0 Å². The minimum absolute atomic E-state index is 0.0153. The van der Waals surface area contributed by atoms with Gasteiger partial charge in [0.15, 0.2) is 0 Å². The van der Waals surface area contributed by atoms with Crippen molar-refractivity contribution in [2.45, 2.75) is 25.4 Å². The van der Waals surface area contributed by atoms with Gasteiger partial charge in [-0.2, -0.15) is 13.2 Å². The van der Waals surface area contributed by atoms with Gasteiger partial charge in [0, 0.05) is 44.5 Å². The number of alkyl halides is 3. The Labute approximate surface area is 152 Å². The third-order valence-corrected chi connectivity index (χ3v) is 3.92. The average molecular weight is 385 g/mol. The fourth-order valence-corrected chi connectivity index (χ4v) is 2.46.